The molecule has 2 N–H and O–H groups in total. The van der Waals surface area contributed by atoms with Crippen LogP contribution < -0.4 is 5.32 Å². The Balaban J connectivity index is 1.71. The van der Waals surface area contributed by atoms with Crippen LogP contribution in [0.25, 0.3) is 11.4 Å². The Hall–Kier alpha value is -1.75. The quantitative estimate of drug-likeness (QED) is 0.802. The molecule has 0 aliphatic heterocycles. The maximum atomic E-state index is 4.42. The standard InChI is InChI=1S/C11H13N5/c1-2-9(1)13-7-10-14-11(16-15-10)8-3-5-12-6-4-8/h3-6,9,13H,1-2,7H2,(H,14,15,16). The van der Waals surface area contributed by atoms with Crippen LogP contribution in [0.2, 0.25) is 0 Å². The number of aromatic nitrogens is 4. The maximum absolute atomic E-state index is 4.42. The largest absolute Gasteiger partial charge is 0.307 e. The summed E-state index contributed by atoms with van der Waals surface area (Å²) in [6, 6.07) is 4.50. The van der Waals surface area contributed by atoms with Gasteiger partial charge in [-0.3, -0.25) is 10.1 Å². The Bertz CT molecular complexity index is 460. The van der Waals surface area contributed by atoms with Crippen LogP contribution in [0.3, 0.4) is 0 Å². The molecule has 0 radical (unpaired) electrons. The number of nitrogens with one attached hydrogen (secondary N) is 2. The van der Waals surface area contributed by atoms with Crippen molar-refractivity contribution in [1.82, 2.24) is 25.5 Å². The van der Waals surface area contributed by atoms with Crippen molar-refractivity contribution in [2.24, 2.45) is 0 Å². The van der Waals surface area contributed by atoms with Crippen molar-refractivity contribution >= 4 is 0 Å². The molecule has 5 nitrogen and oxygen atoms in total. The van der Waals surface area contributed by atoms with E-state index in [4.69, 9.17) is 0 Å². The van der Waals surface area contributed by atoms with E-state index in [-0.39, 0.29) is 0 Å². The minimum Gasteiger partial charge on any atom is -0.307 e. The molecule has 0 amide bonds. The Morgan fingerprint density at radius 1 is 1.31 bits per heavy atom. The topological polar surface area (TPSA) is 66.5 Å². The van der Waals surface area contributed by atoms with Gasteiger partial charge in [0.1, 0.15) is 5.82 Å². The van der Waals surface area contributed by atoms with E-state index < -0.39 is 0 Å². The zero-order valence-corrected chi connectivity index (χ0v) is 8.85. The molecule has 0 bridgehead atoms. The molecule has 1 aliphatic carbocycles. The van der Waals surface area contributed by atoms with Gasteiger partial charge in [0, 0.05) is 24.0 Å². The molecule has 5 heteroatoms. The van der Waals surface area contributed by atoms with Gasteiger partial charge in [-0.15, -0.1) is 0 Å². The summed E-state index contributed by atoms with van der Waals surface area (Å²) in [5, 5.41) is 10.5. The number of aromatic amines is 1. The minimum absolute atomic E-state index is 0.689. The average Bonchev–Trinajstić information content (AvgIpc) is 3.05. The Kier molecular flexibility index (Phi) is 2.38. The summed E-state index contributed by atoms with van der Waals surface area (Å²) < 4.78 is 0. The first-order valence-corrected chi connectivity index (χ1v) is 5.47. The van der Waals surface area contributed by atoms with Gasteiger partial charge in [-0.05, 0) is 25.0 Å². The van der Waals surface area contributed by atoms with Crippen molar-refractivity contribution in [3.63, 3.8) is 0 Å². The summed E-state index contributed by atoms with van der Waals surface area (Å²) in [5.74, 6) is 1.62. The van der Waals surface area contributed by atoms with Crippen LogP contribution in [0.5, 0.6) is 0 Å². The zero-order valence-electron chi connectivity index (χ0n) is 8.85. The molecule has 82 valence electrons. The van der Waals surface area contributed by atoms with Gasteiger partial charge in [0.2, 0.25) is 0 Å². The molecular formula is C11H13N5. The minimum atomic E-state index is 0.689. The summed E-state index contributed by atoms with van der Waals surface area (Å²) in [6.45, 7) is 0.767. The van der Waals surface area contributed by atoms with Crippen LogP contribution in [0.1, 0.15) is 18.7 Å². The monoisotopic (exact) mass is 215 g/mol. The third-order valence-electron chi connectivity index (χ3n) is 2.61. The van der Waals surface area contributed by atoms with E-state index >= 15 is 0 Å². The molecule has 0 atom stereocenters. The molecule has 1 saturated carbocycles. The lowest BCUT2D eigenvalue weighted by molar-refractivity contribution is 0.660. The van der Waals surface area contributed by atoms with Gasteiger partial charge in [0.05, 0.1) is 6.54 Å². The molecular weight excluding hydrogens is 202 g/mol. The van der Waals surface area contributed by atoms with Gasteiger partial charge in [-0.2, -0.15) is 5.10 Å². The molecule has 16 heavy (non-hydrogen) atoms. The van der Waals surface area contributed by atoms with Crippen LogP contribution in [0.4, 0.5) is 0 Å². The second kappa shape index (κ2) is 4.02. The summed E-state index contributed by atoms with van der Waals surface area (Å²) in [7, 11) is 0. The fourth-order valence-electron chi connectivity index (χ4n) is 1.53. The van der Waals surface area contributed by atoms with E-state index in [1.165, 1.54) is 12.8 Å². The number of nitrogens with zero attached hydrogens (tertiary/aromatic N) is 3. The van der Waals surface area contributed by atoms with Crippen LogP contribution in [-0.2, 0) is 6.54 Å². The second-order valence-electron chi connectivity index (χ2n) is 4.00. The normalized spacial score (nSPS) is 15.2. The van der Waals surface area contributed by atoms with Crippen LogP contribution >= 0.6 is 0 Å². The Morgan fingerprint density at radius 3 is 2.88 bits per heavy atom. The van der Waals surface area contributed by atoms with Gasteiger partial charge < -0.3 is 5.32 Å². The molecule has 2 heterocycles. The highest BCUT2D eigenvalue weighted by atomic mass is 15.2. The highest BCUT2D eigenvalue weighted by Gasteiger charge is 2.20. The van der Waals surface area contributed by atoms with Crippen molar-refractivity contribution < 1.29 is 0 Å². The smallest absolute Gasteiger partial charge is 0.181 e. The molecule has 2 aromatic heterocycles. The SMILES string of the molecule is c1cc(-c2n[nH]c(CNC3CC3)n2)ccn1. The molecule has 0 spiro atoms. The van der Waals surface area contributed by atoms with E-state index in [0.29, 0.717) is 6.04 Å². The van der Waals surface area contributed by atoms with Gasteiger partial charge in [0.25, 0.3) is 0 Å². The van der Waals surface area contributed by atoms with E-state index in [0.717, 1.165) is 23.8 Å². The summed E-state index contributed by atoms with van der Waals surface area (Å²) in [6.07, 6.45) is 6.05. The van der Waals surface area contributed by atoms with Gasteiger partial charge in [0.15, 0.2) is 5.82 Å². The molecule has 0 saturated heterocycles. The predicted molar refractivity (Wildman–Crippen MR) is 59.5 cm³/mol. The van der Waals surface area contributed by atoms with Crippen LogP contribution in [-0.4, -0.2) is 26.2 Å². The lowest BCUT2D eigenvalue weighted by Gasteiger charge is -1.96. The number of pyridine rings is 1. The van der Waals surface area contributed by atoms with Crippen molar-refractivity contribution in [3.8, 4) is 11.4 Å². The van der Waals surface area contributed by atoms with Crippen LogP contribution in [0.15, 0.2) is 24.5 Å². The first kappa shape index (κ1) is 9.47. The number of hydrogen-bond donors (Lipinski definition) is 2. The van der Waals surface area contributed by atoms with Crippen LogP contribution in [0, 0.1) is 0 Å². The molecule has 3 rings (SSSR count). The summed E-state index contributed by atoms with van der Waals surface area (Å²) in [5.41, 5.74) is 0.990. The van der Waals surface area contributed by atoms with Crippen molar-refractivity contribution in [2.45, 2.75) is 25.4 Å². The highest BCUT2D eigenvalue weighted by molar-refractivity contribution is 5.52. The molecule has 1 aliphatic rings. The van der Waals surface area contributed by atoms with Gasteiger partial charge in [-0.25, -0.2) is 4.98 Å². The molecule has 1 fully saturated rings. The molecule has 0 unspecified atom stereocenters. The maximum Gasteiger partial charge on any atom is 0.181 e. The molecule has 0 aromatic carbocycles. The first-order chi connectivity index (χ1) is 7.92. The van der Waals surface area contributed by atoms with E-state index in [2.05, 4.69) is 25.5 Å². The predicted octanol–water partition coefficient (Wildman–Crippen LogP) is 1.12. The Labute approximate surface area is 93.3 Å². The average molecular weight is 215 g/mol. The van der Waals surface area contributed by atoms with E-state index in [9.17, 15) is 0 Å². The van der Waals surface area contributed by atoms with E-state index in [1.807, 2.05) is 12.1 Å². The van der Waals surface area contributed by atoms with Gasteiger partial charge in [-0.1, -0.05) is 0 Å². The number of hydrogen-bond acceptors (Lipinski definition) is 4. The molecule has 2 aromatic rings. The number of H-pyrrole nitrogens is 1. The fraction of sp³-hybridized carbons (Fsp3) is 0.364. The second-order valence-corrected chi connectivity index (χ2v) is 4.00. The van der Waals surface area contributed by atoms with Gasteiger partial charge >= 0.3 is 0 Å². The fourth-order valence-corrected chi connectivity index (χ4v) is 1.53. The first-order valence-electron chi connectivity index (χ1n) is 5.47. The van der Waals surface area contributed by atoms with Crippen molar-refractivity contribution in [1.29, 1.82) is 0 Å². The Morgan fingerprint density at radius 2 is 2.12 bits per heavy atom. The summed E-state index contributed by atoms with van der Waals surface area (Å²) in [4.78, 5) is 8.39. The third-order valence-corrected chi connectivity index (χ3v) is 2.61. The van der Waals surface area contributed by atoms with Crippen molar-refractivity contribution in [2.75, 3.05) is 0 Å². The number of rotatable bonds is 4. The lowest BCUT2D eigenvalue weighted by atomic mass is 10.2. The van der Waals surface area contributed by atoms with E-state index in [1.54, 1.807) is 12.4 Å². The van der Waals surface area contributed by atoms with Crippen molar-refractivity contribution in [3.05, 3.63) is 30.4 Å². The highest BCUT2D eigenvalue weighted by Crippen LogP contribution is 2.19. The zero-order chi connectivity index (χ0) is 10.8. The third kappa shape index (κ3) is 2.09. The lowest BCUT2D eigenvalue weighted by Crippen LogP contribution is -2.16. The summed E-state index contributed by atoms with van der Waals surface area (Å²) >= 11 is 0.